The van der Waals surface area contributed by atoms with Crippen LogP contribution in [0.15, 0.2) is 78.2 Å². The highest BCUT2D eigenvalue weighted by molar-refractivity contribution is 7.10. The molecular formula is C22H18N2O3S. The van der Waals surface area contributed by atoms with E-state index in [1.54, 1.807) is 17.4 Å². The Morgan fingerprint density at radius 3 is 2.54 bits per heavy atom. The summed E-state index contributed by atoms with van der Waals surface area (Å²) >= 11 is 1.56. The van der Waals surface area contributed by atoms with Gasteiger partial charge in [0.2, 0.25) is 0 Å². The lowest BCUT2D eigenvalue weighted by Crippen LogP contribution is -2.32. The molecule has 0 aliphatic heterocycles. The first-order valence-electron chi connectivity index (χ1n) is 8.83. The minimum absolute atomic E-state index is 0.277. The van der Waals surface area contributed by atoms with Crippen molar-refractivity contribution in [3.05, 3.63) is 94.3 Å². The monoisotopic (exact) mass is 390 g/mol. The van der Waals surface area contributed by atoms with Crippen LogP contribution in [0.2, 0.25) is 0 Å². The minimum Gasteiger partial charge on any atom is -0.451 e. The maximum absolute atomic E-state index is 12.4. The number of benzene rings is 2. The second-order valence-electron chi connectivity index (χ2n) is 6.27. The SMILES string of the molecule is O=C(COC(=O)c1cc2ccccc2[nH]1)N[C@H](c1ccccc1)c1cccs1. The minimum atomic E-state index is -0.557. The van der Waals surface area contributed by atoms with Gasteiger partial charge in [0, 0.05) is 15.8 Å². The molecule has 6 heteroatoms. The second-order valence-corrected chi connectivity index (χ2v) is 7.25. The Hall–Kier alpha value is -3.38. The average molecular weight is 390 g/mol. The van der Waals surface area contributed by atoms with Gasteiger partial charge in [-0.15, -0.1) is 11.3 Å². The molecule has 0 spiro atoms. The van der Waals surface area contributed by atoms with E-state index in [1.165, 1.54) is 0 Å². The first-order chi connectivity index (χ1) is 13.7. The van der Waals surface area contributed by atoms with Crippen molar-refractivity contribution in [3.63, 3.8) is 0 Å². The molecule has 0 unspecified atom stereocenters. The van der Waals surface area contributed by atoms with Gasteiger partial charge in [0.25, 0.3) is 5.91 Å². The molecule has 2 aromatic carbocycles. The molecule has 1 amide bonds. The highest BCUT2D eigenvalue weighted by Crippen LogP contribution is 2.25. The Labute approximate surface area is 166 Å². The summed E-state index contributed by atoms with van der Waals surface area (Å²) in [7, 11) is 0. The Kier molecular flexibility index (Phi) is 5.21. The molecule has 4 aromatic rings. The number of hydrogen-bond donors (Lipinski definition) is 2. The number of hydrogen-bond acceptors (Lipinski definition) is 4. The average Bonchev–Trinajstić information content (AvgIpc) is 3.40. The van der Waals surface area contributed by atoms with Crippen molar-refractivity contribution >= 4 is 34.1 Å². The fourth-order valence-electron chi connectivity index (χ4n) is 3.01. The lowest BCUT2D eigenvalue weighted by Gasteiger charge is -2.18. The number of carbonyl (C=O) groups is 2. The van der Waals surface area contributed by atoms with Crippen molar-refractivity contribution in [2.24, 2.45) is 0 Å². The van der Waals surface area contributed by atoms with E-state index in [-0.39, 0.29) is 18.6 Å². The Morgan fingerprint density at radius 2 is 1.79 bits per heavy atom. The summed E-state index contributed by atoms with van der Waals surface area (Å²) in [5.41, 5.74) is 2.15. The Bertz CT molecular complexity index is 1050. The predicted octanol–water partition coefficient (Wildman–Crippen LogP) is 4.29. The molecule has 4 rings (SSSR count). The first kappa shape index (κ1) is 18.0. The zero-order valence-corrected chi connectivity index (χ0v) is 15.7. The van der Waals surface area contributed by atoms with Gasteiger partial charge in [0.1, 0.15) is 5.69 Å². The Balaban J connectivity index is 1.41. The number of aromatic amines is 1. The topological polar surface area (TPSA) is 71.2 Å². The van der Waals surface area contributed by atoms with Gasteiger partial charge in [-0.05, 0) is 29.1 Å². The van der Waals surface area contributed by atoms with Gasteiger partial charge in [-0.25, -0.2) is 4.79 Å². The molecule has 2 heterocycles. The van der Waals surface area contributed by atoms with E-state index >= 15 is 0 Å². The number of aromatic nitrogens is 1. The van der Waals surface area contributed by atoms with Crippen LogP contribution >= 0.6 is 11.3 Å². The molecule has 0 fully saturated rings. The van der Waals surface area contributed by atoms with Crippen molar-refractivity contribution in [2.45, 2.75) is 6.04 Å². The van der Waals surface area contributed by atoms with E-state index < -0.39 is 5.97 Å². The van der Waals surface area contributed by atoms with Gasteiger partial charge in [0.05, 0.1) is 6.04 Å². The zero-order valence-electron chi connectivity index (χ0n) is 14.9. The maximum atomic E-state index is 12.4. The van der Waals surface area contributed by atoms with Crippen LogP contribution in [-0.4, -0.2) is 23.5 Å². The quantitative estimate of drug-likeness (QED) is 0.483. The van der Waals surface area contributed by atoms with Crippen LogP contribution in [0, 0.1) is 0 Å². The number of rotatable bonds is 6. The maximum Gasteiger partial charge on any atom is 0.355 e. The number of esters is 1. The standard InChI is InChI=1S/C22H18N2O3S/c25-20(14-27-22(26)18-13-16-9-4-5-10-17(16)23-18)24-21(19-11-6-12-28-19)15-7-2-1-3-8-15/h1-13,21,23H,14H2,(H,24,25)/t21-/m1/s1. The summed E-state index contributed by atoms with van der Waals surface area (Å²) in [6, 6.07) is 22.6. The van der Waals surface area contributed by atoms with Crippen LogP contribution < -0.4 is 5.32 Å². The Morgan fingerprint density at radius 1 is 1.00 bits per heavy atom. The molecule has 140 valence electrons. The van der Waals surface area contributed by atoms with Crippen molar-refractivity contribution in [1.82, 2.24) is 10.3 Å². The summed E-state index contributed by atoms with van der Waals surface area (Å²) in [6.07, 6.45) is 0. The van der Waals surface area contributed by atoms with Crippen molar-refractivity contribution < 1.29 is 14.3 Å². The highest BCUT2D eigenvalue weighted by atomic mass is 32.1. The van der Waals surface area contributed by atoms with E-state index in [4.69, 9.17) is 4.74 Å². The van der Waals surface area contributed by atoms with Crippen LogP contribution in [0.4, 0.5) is 0 Å². The molecule has 28 heavy (non-hydrogen) atoms. The molecule has 0 radical (unpaired) electrons. The van der Waals surface area contributed by atoms with E-state index in [9.17, 15) is 9.59 Å². The van der Waals surface area contributed by atoms with Gasteiger partial charge < -0.3 is 15.0 Å². The third kappa shape index (κ3) is 3.97. The van der Waals surface area contributed by atoms with E-state index in [2.05, 4.69) is 10.3 Å². The van der Waals surface area contributed by atoms with Gasteiger partial charge >= 0.3 is 5.97 Å². The highest BCUT2D eigenvalue weighted by Gasteiger charge is 2.19. The van der Waals surface area contributed by atoms with Crippen LogP contribution in [0.5, 0.6) is 0 Å². The van der Waals surface area contributed by atoms with Gasteiger partial charge in [0.15, 0.2) is 6.61 Å². The molecule has 0 bridgehead atoms. The van der Waals surface area contributed by atoms with E-state index in [0.29, 0.717) is 5.69 Å². The van der Waals surface area contributed by atoms with E-state index in [0.717, 1.165) is 21.3 Å². The van der Waals surface area contributed by atoms with E-state index in [1.807, 2.05) is 72.1 Å². The summed E-state index contributed by atoms with van der Waals surface area (Å²) in [5.74, 6) is -0.912. The lowest BCUT2D eigenvalue weighted by atomic mass is 10.1. The number of thiophene rings is 1. The fourth-order valence-corrected chi connectivity index (χ4v) is 3.82. The van der Waals surface area contributed by atoms with Crippen LogP contribution in [0.1, 0.15) is 27.0 Å². The first-order valence-corrected chi connectivity index (χ1v) is 9.71. The summed E-state index contributed by atoms with van der Waals surface area (Å²) in [4.78, 5) is 28.7. The molecule has 0 saturated heterocycles. The predicted molar refractivity (Wildman–Crippen MR) is 109 cm³/mol. The number of fused-ring (bicyclic) bond motifs is 1. The molecule has 5 nitrogen and oxygen atoms in total. The van der Waals surface area contributed by atoms with Crippen LogP contribution in [0.25, 0.3) is 10.9 Å². The number of para-hydroxylation sites is 1. The number of amides is 1. The molecule has 0 aliphatic carbocycles. The van der Waals surface area contributed by atoms with Crippen molar-refractivity contribution in [3.8, 4) is 0 Å². The van der Waals surface area contributed by atoms with Gasteiger partial charge in [-0.2, -0.15) is 0 Å². The second kappa shape index (κ2) is 8.10. The largest absolute Gasteiger partial charge is 0.451 e. The third-order valence-electron chi connectivity index (χ3n) is 4.35. The number of carbonyl (C=O) groups excluding carboxylic acids is 2. The number of nitrogens with one attached hydrogen (secondary N) is 2. The van der Waals surface area contributed by atoms with Gasteiger partial charge in [-0.3, -0.25) is 4.79 Å². The smallest absolute Gasteiger partial charge is 0.355 e. The normalized spacial score (nSPS) is 11.9. The third-order valence-corrected chi connectivity index (χ3v) is 5.29. The summed E-state index contributed by atoms with van der Waals surface area (Å²) < 4.78 is 5.19. The fraction of sp³-hybridized carbons (Fsp3) is 0.0909. The van der Waals surface area contributed by atoms with Gasteiger partial charge in [-0.1, -0.05) is 54.6 Å². The van der Waals surface area contributed by atoms with Crippen molar-refractivity contribution in [1.29, 1.82) is 0 Å². The molecule has 0 aliphatic rings. The zero-order chi connectivity index (χ0) is 19.3. The number of ether oxygens (including phenoxy) is 1. The molecule has 2 N–H and O–H groups in total. The lowest BCUT2D eigenvalue weighted by molar-refractivity contribution is -0.124. The molecular weight excluding hydrogens is 372 g/mol. The summed E-state index contributed by atoms with van der Waals surface area (Å²) in [5, 5.41) is 5.84. The van der Waals surface area contributed by atoms with Crippen LogP contribution in [-0.2, 0) is 9.53 Å². The van der Waals surface area contributed by atoms with Crippen LogP contribution in [0.3, 0.4) is 0 Å². The molecule has 1 atom stereocenters. The molecule has 2 aromatic heterocycles. The van der Waals surface area contributed by atoms with Crippen molar-refractivity contribution in [2.75, 3.05) is 6.61 Å². The number of H-pyrrole nitrogens is 1. The molecule has 0 saturated carbocycles. The summed E-state index contributed by atoms with van der Waals surface area (Å²) in [6.45, 7) is -0.344.